The van der Waals surface area contributed by atoms with Crippen LogP contribution >= 0.6 is 22.9 Å². The molecule has 0 saturated heterocycles. The molecule has 2 aromatic heterocycles. The maximum Gasteiger partial charge on any atom is 0.138 e. The molecule has 0 aromatic carbocycles. The van der Waals surface area contributed by atoms with E-state index in [1.54, 1.807) is 17.7 Å². The molecule has 0 fully saturated rings. The second-order valence-electron chi connectivity index (χ2n) is 4.77. The summed E-state index contributed by atoms with van der Waals surface area (Å²) in [5.41, 5.74) is 0. The normalized spacial score (nSPS) is 13.2. The monoisotopic (exact) mass is 283 g/mol. The Morgan fingerprint density at radius 3 is 2.83 bits per heavy atom. The standard InChI is InChI=1S/C13H18ClN3S/c1-8(2)11(4-5-14)17-12-10-6-9(3)18-13(10)16-7-15-12/h6-8,11H,4-5H2,1-3H3,(H,15,16,17). The number of anilines is 1. The number of aromatic nitrogens is 2. The molecule has 2 heterocycles. The summed E-state index contributed by atoms with van der Waals surface area (Å²) < 4.78 is 0. The van der Waals surface area contributed by atoms with Crippen LogP contribution in [0.2, 0.25) is 0 Å². The predicted octanol–water partition coefficient (Wildman–Crippen LogP) is 4.07. The van der Waals surface area contributed by atoms with E-state index in [2.05, 4.69) is 42.1 Å². The van der Waals surface area contributed by atoms with Crippen LogP contribution in [0.15, 0.2) is 12.4 Å². The molecule has 1 unspecified atom stereocenters. The van der Waals surface area contributed by atoms with Gasteiger partial charge in [-0.25, -0.2) is 9.97 Å². The van der Waals surface area contributed by atoms with Crippen LogP contribution in [0.1, 0.15) is 25.1 Å². The van der Waals surface area contributed by atoms with Crippen LogP contribution < -0.4 is 5.32 Å². The second kappa shape index (κ2) is 5.85. The van der Waals surface area contributed by atoms with Crippen LogP contribution in [0.3, 0.4) is 0 Å². The summed E-state index contributed by atoms with van der Waals surface area (Å²) in [6.45, 7) is 6.48. The van der Waals surface area contributed by atoms with Crippen molar-refractivity contribution in [3.05, 3.63) is 17.3 Å². The highest BCUT2D eigenvalue weighted by molar-refractivity contribution is 7.18. The van der Waals surface area contributed by atoms with Gasteiger partial charge in [-0.15, -0.1) is 22.9 Å². The minimum Gasteiger partial charge on any atom is -0.366 e. The van der Waals surface area contributed by atoms with Gasteiger partial charge in [-0.05, 0) is 25.3 Å². The minimum atomic E-state index is 0.348. The van der Waals surface area contributed by atoms with Crippen LogP contribution in [-0.2, 0) is 0 Å². The highest BCUT2D eigenvalue weighted by Crippen LogP contribution is 2.28. The lowest BCUT2D eigenvalue weighted by Gasteiger charge is -2.22. The number of alkyl halides is 1. The molecule has 0 aliphatic carbocycles. The number of halogens is 1. The Bertz CT molecular complexity index is 524. The molecule has 0 aliphatic heterocycles. The molecule has 5 heteroatoms. The molecule has 2 rings (SSSR count). The van der Waals surface area contributed by atoms with Gasteiger partial charge in [-0.1, -0.05) is 13.8 Å². The summed E-state index contributed by atoms with van der Waals surface area (Å²) >= 11 is 7.56. The quantitative estimate of drug-likeness (QED) is 0.841. The summed E-state index contributed by atoms with van der Waals surface area (Å²) in [6, 6.07) is 2.49. The Morgan fingerprint density at radius 2 is 2.17 bits per heavy atom. The van der Waals surface area contributed by atoms with Gasteiger partial charge in [0, 0.05) is 16.8 Å². The van der Waals surface area contributed by atoms with Crippen molar-refractivity contribution in [1.82, 2.24) is 9.97 Å². The van der Waals surface area contributed by atoms with Crippen molar-refractivity contribution in [3.8, 4) is 0 Å². The van der Waals surface area contributed by atoms with E-state index >= 15 is 0 Å². The highest BCUT2D eigenvalue weighted by atomic mass is 35.5. The molecule has 0 saturated carbocycles. The summed E-state index contributed by atoms with van der Waals surface area (Å²) in [5, 5.41) is 4.62. The zero-order valence-corrected chi connectivity index (χ0v) is 12.5. The first kappa shape index (κ1) is 13.6. The Kier molecular flexibility index (Phi) is 4.40. The third-order valence-electron chi connectivity index (χ3n) is 3.00. The van der Waals surface area contributed by atoms with Crippen LogP contribution in [0.5, 0.6) is 0 Å². The molecule has 0 spiro atoms. The van der Waals surface area contributed by atoms with Gasteiger partial charge in [0.2, 0.25) is 0 Å². The van der Waals surface area contributed by atoms with Crippen molar-refractivity contribution in [3.63, 3.8) is 0 Å². The number of nitrogens with zero attached hydrogens (tertiary/aromatic N) is 2. The summed E-state index contributed by atoms with van der Waals surface area (Å²) in [6.07, 6.45) is 2.56. The molecule has 0 aliphatic rings. The fraction of sp³-hybridized carbons (Fsp3) is 0.538. The van der Waals surface area contributed by atoms with Crippen molar-refractivity contribution in [2.24, 2.45) is 5.92 Å². The number of aryl methyl sites for hydroxylation is 1. The average molecular weight is 284 g/mol. The van der Waals surface area contributed by atoms with E-state index < -0.39 is 0 Å². The predicted molar refractivity (Wildman–Crippen MR) is 79.7 cm³/mol. The van der Waals surface area contributed by atoms with E-state index in [4.69, 9.17) is 11.6 Å². The Morgan fingerprint density at radius 1 is 1.39 bits per heavy atom. The highest BCUT2D eigenvalue weighted by Gasteiger charge is 2.15. The third kappa shape index (κ3) is 2.93. The molecule has 98 valence electrons. The Balaban J connectivity index is 2.29. The van der Waals surface area contributed by atoms with E-state index in [1.165, 1.54) is 4.88 Å². The van der Waals surface area contributed by atoms with Crippen molar-refractivity contribution in [1.29, 1.82) is 0 Å². The van der Waals surface area contributed by atoms with E-state index in [0.29, 0.717) is 17.8 Å². The first-order valence-corrected chi connectivity index (χ1v) is 7.50. The minimum absolute atomic E-state index is 0.348. The van der Waals surface area contributed by atoms with Gasteiger partial charge in [0.15, 0.2) is 0 Å². The number of nitrogens with one attached hydrogen (secondary N) is 1. The molecule has 0 bridgehead atoms. The number of rotatable bonds is 5. The number of thiophene rings is 1. The Hall–Kier alpha value is -0.870. The van der Waals surface area contributed by atoms with E-state index in [-0.39, 0.29) is 0 Å². The third-order valence-corrected chi connectivity index (χ3v) is 4.18. The van der Waals surface area contributed by atoms with Crippen LogP contribution in [0.4, 0.5) is 5.82 Å². The summed E-state index contributed by atoms with van der Waals surface area (Å²) in [7, 11) is 0. The van der Waals surface area contributed by atoms with Crippen LogP contribution in [0, 0.1) is 12.8 Å². The van der Waals surface area contributed by atoms with Crippen molar-refractivity contribution < 1.29 is 0 Å². The molecule has 0 radical (unpaired) electrons. The number of hydrogen-bond acceptors (Lipinski definition) is 4. The fourth-order valence-corrected chi connectivity index (χ4v) is 3.04. The first-order chi connectivity index (χ1) is 8.61. The van der Waals surface area contributed by atoms with Crippen LogP contribution in [-0.4, -0.2) is 21.9 Å². The van der Waals surface area contributed by atoms with Gasteiger partial charge in [-0.2, -0.15) is 0 Å². The van der Waals surface area contributed by atoms with E-state index in [0.717, 1.165) is 22.5 Å². The lowest BCUT2D eigenvalue weighted by atomic mass is 10.0. The Labute approximate surface area is 117 Å². The van der Waals surface area contributed by atoms with Crippen LogP contribution in [0.25, 0.3) is 10.2 Å². The molecule has 2 aromatic rings. The summed E-state index contributed by atoms with van der Waals surface area (Å²) in [5.74, 6) is 2.11. The lowest BCUT2D eigenvalue weighted by Crippen LogP contribution is -2.26. The van der Waals surface area contributed by atoms with Gasteiger partial charge in [0.05, 0.1) is 5.39 Å². The molecule has 3 nitrogen and oxygen atoms in total. The molecular weight excluding hydrogens is 266 g/mol. The SMILES string of the molecule is Cc1cc2c(NC(CCCl)C(C)C)ncnc2s1. The molecular formula is C13H18ClN3S. The van der Waals surface area contributed by atoms with Crippen molar-refractivity contribution >= 4 is 39.0 Å². The first-order valence-electron chi connectivity index (χ1n) is 6.15. The second-order valence-corrected chi connectivity index (χ2v) is 6.38. The molecule has 1 N–H and O–H groups in total. The maximum atomic E-state index is 5.86. The van der Waals surface area contributed by atoms with E-state index in [9.17, 15) is 0 Å². The van der Waals surface area contributed by atoms with Gasteiger partial charge in [0.1, 0.15) is 17.0 Å². The molecule has 0 amide bonds. The van der Waals surface area contributed by atoms with Crippen molar-refractivity contribution in [2.45, 2.75) is 33.2 Å². The number of fused-ring (bicyclic) bond motifs is 1. The smallest absolute Gasteiger partial charge is 0.138 e. The van der Waals surface area contributed by atoms with E-state index in [1.807, 2.05) is 0 Å². The van der Waals surface area contributed by atoms with Gasteiger partial charge >= 0.3 is 0 Å². The molecule has 18 heavy (non-hydrogen) atoms. The van der Waals surface area contributed by atoms with Gasteiger partial charge < -0.3 is 5.32 Å². The fourth-order valence-electron chi connectivity index (χ4n) is 1.96. The zero-order valence-electron chi connectivity index (χ0n) is 10.9. The largest absolute Gasteiger partial charge is 0.366 e. The average Bonchev–Trinajstić information content (AvgIpc) is 2.69. The van der Waals surface area contributed by atoms with Crippen molar-refractivity contribution in [2.75, 3.05) is 11.2 Å². The lowest BCUT2D eigenvalue weighted by molar-refractivity contribution is 0.512. The summed E-state index contributed by atoms with van der Waals surface area (Å²) in [4.78, 5) is 11.0. The zero-order chi connectivity index (χ0) is 13.1. The van der Waals surface area contributed by atoms with Gasteiger partial charge in [-0.3, -0.25) is 0 Å². The number of hydrogen-bond donors (Lipinski definition) is 1. The molecule has 1 atom stereocenters. The van der Waals surface area contributed by atoms with Gasteiger partial charge in [0.25, 0.3) is 0 Å². The maximum absolute atomic E-state index is 5.86. The topological polar surface area (TPSA) is 37.8 Å².